The number of rotatable bonds is 5. The smallest absolute Gasteiger partial charge is 0.170 e. The lowest BCUT2D eigenvalue weighted by atomic mass is 10.2. The van der Waals surface area contributed by atoms with E-state index in [-0.39, 0.29) is 6.10 Å². The summed E-state index contributed by atoms with van der Waals surface area (Å²) >= 11 is 11.5. The average molecular weight is 357 g/mol. The fourth-order valence-corrected chi connectivity index (χ4v) is 3.23. The summed E-state index contributed by atoms with van der Waals surface area (Å²) in [4.78, 5) is 1.61. The van der Waals surface area contributed by atoms with Gasteiger partial charge in [0.15, 0.2) is 5.11 Å². The Bertz CT molecular complexity index is 539. The lowest BCUT2D eigenvalue weighted by molar-refractivity contribution is -0.914. The van der Waals surface area contributed by atoms with Crippen LogP contribution in [0.25, 0.3) is 0 Å². The van der Waals surface area contributed by atoms with Gasteiger partial charge in [-0.2, -0.15) is 0 Å². The van der Waals surface area contributed by atoms with Crippen LogP contribution in [0.5, 0.6) is 0 Å². The molecule has 1 heterocycles. The summed E-state index contributed by atoms with van der Waals surface area (Å²) in [6, 6.07) is 5.76. The molecule has 2 atom stereocenters. The molecular weight excluding hydrogens is 330 g/mol. The Morgan fingerprint density at radius 2 is 2.26 bits per heavy atom. The van der Waals surface area contributed by atoms with E-state index < -0.39 is 0 Å². The predicted octanol–water partition coefficient (Wildman–Crippen LogP) is 1.87. The quantitative estimate of drug-likeness (QED) is 0.704. The van der Waals surface area contributed by atoms with Gasteiger partial charge in [0.05, 0.1) is 13.2 Å². The third kappa shape index (κ3) is 5.92. The third-order valence-electron chi connectivity index (χ3n) is 4.03. The van der Waals surface area contributed by atoms with Crippen LogP contribution < -0.4 is 15.5 Å². The Morgan fingerprint density at radius 1 is 1.48 bits per heavy atom. The number of morpholine rings is 1. The molecule has 1 aliphatic rings. The molecule has 0 aliphatic carbocycles. The van der Waals surface area contributed by atoms with Crippen LogP contribution in [0.2, 0.25) is 5.02 Å². The van der Waals surface area contributed by atoms with Crippen LogP contribution in [0.4, 0.5) is 5.69 Å². The van der Waals surface area contributed by atoms with Crippen LogP contribution in [-0.4, -0.2) is 44.0 Å². The number of nitrogens with one attached hydrogen (secondary N) is 3. The maximum Gasteiger partial charge on any atom is 0.170 e. The minimum atomic E-state index is 0.206. The number of benzene rings is 1. The van der Waals surface area contributed by atoms with Crippen molar-refractivity contribution in [3.63, 3.8) is 0 Å². The van der Waals surface area contributed by atoms with E-state index in [0.717, 1.165) is 42.5 Å². The summed E-state index contributed by atoms with van der Waals surface area (Å²) in [5.41, 5.74) is 1.94. The lowest BCUT2D eigenvalue weighted by Crippen LogP contribution is -3.15. The Labute approximate surface area is 149 Å². The second-order valence-electron chi connectivity index (χ2n) is 6.54. The summed E-state index contributed by atoms with van der Waals surface area (Å²) in [6.45, 7) is 11.4. The number of halogens is 1. The highest BCUT2D eigenvalue weighted by atomic mass is 35.5. The SMILES string of the molecule is Cc1c(Cl)cccc1NC(=S)NC[C@@H]1C[NH+](CC(C)C)CCO1. The lowest BCUT2D eigenvalue weighted by Gasteiger charge is -2.31. The predicted molar refractivity (Wildman–Crippen MR) is 101 cm³/mol. The molecule has 1 aliphatic heterocycles. The van der Waals surface area contributed by atoms with E-state index >= 15 is 0 Å². The first kappa shape index (κ1) is 18.5. The molecule has 0 aromatic heterocycles. The highest BCUT2D eigenvalue weighted by Crippen LogP contribution is 2.22. The normalized spacial score (nSPS) is 21.3. The van der Waals surface area contributed by atoms with Gasteiger partial charge in [0, 0.05) is 23.2 Å². The fourth-order valence-electron chi connectivity index (χ4n) is 2.86. The number of hydrogen-bond acceptors (Lipinski definition) is 2. The van der Waals surface area contributed by atoms with Crippen molar-refractivity contribution in [1.82, 2.24) is 5.32 Å². The summed E-state index contributed by atoms with van der Waals surface area (Å²) in [5, 5.41) is 7.81. The molecule has 0 radical (unpaired) electrons. The van der Waals surface area contributed by atoms with Gasteiger partial charge in [0.25, 0.3) is 0 Å². The Morgan fingerprint density at radius 3 is 3.00 bits per heavy atom. The molecule has 3 N–H and O–H groups in total. The zero-order chi connectivity index (χ0) is 16.8. The standard InChI is InChI=1S/C17H26ClN3OS/c1-12(2)10-21-7-8-22-14(11-21)9-19-17(23)20-16-6-4-5-15(18)13(16)3/h4-6,12,14H,7-11H2,1-3H3,(H2,19,20,23)/p+1/t14-/m1/s1. The molecule has 2 rings (SSSR count). The van der Waals surface area contributed by atoms with Gasteiger partial charge in [-0.15, -0.1) is 0 Å². The Kier molecular flexibility index (Phi) is 7.09. The van der Waals surface area contributed by atoms with Gasteiger partial charge in [-0.05, 0) is 36.8 Å². The van der Waals surface area contributed by atoms with E-state index in [9.17, 15) is 0 Å². The monoisotopic (exact) mass is 356 g/mol. The van der Waals surface area contributed by atoms with Crippen molar-refractivity contribution in [3.05, 3.63) is 28.8 Å². The Hall–Kier alpha value is -0.880. The first-order valence-corrected chi connectivity index (χ1v) is 8.99. The zero-order valence-corrected chi connectivity index (χ0v) is 15.7. The maximum atomic E-state index is 6.13. The second-order valence-corrected chi connectivity index (χ2v) is 7.36. The van der Waals surface area contributed by atoms with Crippen LogP contribution in [-0.2, 0) is 4.74 Å². The summed E-state index contributed by atoms with van der Waals surface area (Å²) in [6.07, 6.45) is 0.206. The first-order valence-electron chi connectivity index (χ1n) is 8.21. The van der Waals surface area contributed by atoms with Crippen molar-refractivity contribution in [3.8, 4) is 0 Å². The second kappa shape index (κ2) is 8.83. The van der Waals surface area contributed by atoms with Gasteiger partial charge in [0.1, 0.15) is 19.2 Å². The third-order valence-corrected chi connectivity index (χ3v) is 4.68. The van der Waals surface area contributed by atoms with E-state index in [1.807, 2.05) is 25.1 Å². The van der Waals surface area contributed by atoms with Gasteiger partial charge in [-0.3, -0.25) is 0 Å². The molecule has 4 nitrogen and oxygen atoms in total. The topological polar surface area (TPSA) is 37.7 Å². The number of quaternary nitrogens is 1. The molecule has 1 saturated heterocycles. The summed E-state index contributed by atoms with van der Waals surface area (Å²) < 4.78 is 5.84. The minimum Gasteiger partial charge on any atom is -0.365 e. The molecular formula is C17H27ClN3OS+. The number of thiocarbonyl (C=S) groups is 1. The van der Waals surface area contributed by atoms with E-state index in [2.05, 4.69) is 24.5 Å². The van der Waals surface area contributed by atoms with Gasteiger partial charge in [-0.1, -0.05) is 31.5 Å². The number of ether oxygens (including phenoxy) is 1. The molecule has 0 amide bonds. The van der Waals surface area contributed by atoms with Crippen LogP contribution in [0.1, 0.15) is 19.4 Å². The minimum absolute atomic E-state index is 0.206. The van der Waals surface area contributed by atoms with Gasteiger partial charge in [0.2, 0.25) is 0 Å². The van der Waals surface area contributed by atoms with Crippen LogP contribution in [0.15, 0.2) is 18.2 Å². The average Bonchev–Trinajstić information content (AvgIpc) is 2.50. The first-order chi connectivity index (χ1) is 11.0. The molecule has 1 aromatic rings. The van der Waals surface area contributed by atoms with E-state index in [4.69, 9.17) is 28.6 Å². The maximum absolute atomic E-state index is 6.13. The number of anilines is 1. The van der Waals surface area contributed by atoms with Gasteiger partial charge in [-0.25, -0.2) is 0 Å². The van der Waals surface area contributed by atoms with Gasteiger partial charge >= 0.3 is 0 Å². The molecule has 23 heavy (non-hydrogen) atoms. The summed E-state index contributed by atoms with van der Waals surface area (Å²) in [5.74, 6) is 0.713. The van der Waals surface area contributed by atoms with Crippen molar-refractivity contribution < 1.29 is 9.64 Å². The highest BCUT2D eigenvalue weighted by molar-refractivity contribution is 7.80. The Balaban J connectivity index is 1.79. The number of hydrogen-bond donors (Lipinski definition) is 3. The van der Waals surface area contributed by atoms with Crippen molar-refractivity contribution >= 4 is 34.6 Å². The highest BCUT2D eigenvalue weighted by Gasteiger charge is 2.24. The van der Waals surface area contributed by atoms with Crippen molar-refractivity contribution in [2.24, 2.45) is 5.92 Å². The molecule has 0 saturated carbocycles. The summed E-state index contributed by atoms with van der Waals surface area (Å²) in [7, 11) is 0. The molecule has 6 heteroatoms. The molecule has 0 bridgehead atoms. The molecule has 1 fully saturated rings. The van der Waals surface area contributed by atoms with Crippen LogP contribution in [0, 0.1) is 12.8 Å². The van der Waals surface area contributed by atoms with Crippen molar-refractivity contribution in [1.29, 1.82) is 0 Å². The van der Waals surface area contributed by atoms with E-state index in [0.29, 0.717) is 11.0 Å². The van der Waals surface area contributed by atoms with Crippen molar-refractivity contribution in [2.75, 3.05) is 38.1 Å². The van der Waals surface area contributed by atoms with Crippen molar-refractivity contribution in [2.45, 2.75) is 26.9 Å². The zero-order valence-electron chi connectivity index (χ0n) is 14.1. The molecule has 1 unspecified atom stereocenters. The van der Waals surface area contributed by atoms with Crippen LogP contribution >= 0.6 is 23.8 Å². The van der Waals surface area contributed by atoms with E-state index in [1.165, 1.54) is 6.54 Å². The van der Waals surface area contributed by atoms with Crippen LogP contribution in [0.3, 0.4) is 0 Å². The van der Waals surface area contributed by atoms with E-state index in [1.54, 1.807) is 4.90 Å². The fraction of sp³-hybridized carbons (Fsp3) is 0.588. The van der Waals surface area contributed by atoms with Gasteiger partial charge < -0.3 is 20.3 Å². The molecule has 128 valence electrons. The molecule has 0 spiro atoms. The largest absolute Gasteiger partial charge is 0.365 e. The molecule has 1 aromatic carbocycles.